The first-order chi connectivity index (χ1) is 10.2. The van der Waals surface area contributed by atoms with Crippen LogP contribution in [0.15, 0.2) is 42.6 Å². The number of nitrogens with one attached hydrogen (secondary N) is 1. The topological polar surface area (TPSA) is 45.2 Å². The average molecular weight is 302 g/mol. The highest BCUT2D eigenvalue weighted by atomic mass is 35.5. The van der Waals surface area contributed by atoms with Crippen molar-refractivity contribution in [3.63, 3.8) is 0 Å². The van der Waals surface area contributed by atoms with Crippen molar-refractivity contribution < 1.29 is 4.79 Å². The molecule has 0 spiro atoms. The smallest absolute Gasteiger partial charge is 0.257 e. The van der Waals surface area contributed by atoms with E-state index in [4.69, 9.17) is 11.6 Å². The predicted octanol–water partition coefficient (Wildman–Crippen LogP) is 3.59. The fourth-order valence-corrected chi connectivity index (χ4v) is 2.56. The average Bonchev–Trinajstić information content (AvgIpc) is 3.03. The van der Waals surface area contributed by atoms with Gasteiger partial charge in [-0.25, -0.2) is 4.98 Å². The third-order valence-electron chi connectivity index (χ3n) is 3.59. The van der Waals surface area contributed by atoms with Gasteiger partial charge in [0.2, 0.25) is 0 Å². The lowest BCUT2D eigenvalue weighted by molar-refractivity contribution is 0.102. The zero-order valence-electron chi connectivity index (χ0n) is 11.6. The Morgan fingerprint density at radius 1 is 1.10 bits per heavy atom. The summed E-state index contributed by atoms with van der Waals surface area (Å²) in [5, 5.41) is 3.23. The molecule has 0 aliphatic carbocycles. The summed E-state index contributed by atoms with van der Waals surface area (Å²) < 4.78 is 0. The van der Waals surface area contributed by atoms with Crippen LogP contribution >= 0.6 is 11.6 Å². The van der Waals surface area contributed by atoms with Crippen molar-refractivity contribution in [1.29, 1.82) is 0 Å². The molecule has 4 nitrogen and oxygen atoms in total. The number of amides is 1. The van der Waals surface area contributed by atoms with Crippen LogP contribution in [0.3, 0.4) is 0 Å². The molecule has 0 bridgehead atoms. The van der Waals surface area contributed by atoms with Gasteiger partial charge in [-0.05, 0) is 49.2 Å². The standard InChI is InChI=1S/C16H16ClN3O/c17-15-8-3-12(11-18-15)16(21)19-13-4-6-14(7-5-13)20-9-1-2-10-20/h3-8,11H,1-2,9-10H2,(H,19,21). The van der Waals surface area contributed by atoms with Crippen LogP contribution in [0.25, 0.3) is 0 Å². The Hall–Kier alpha value is -2.07. The van der Waals surface area contributed by atoms with Gasteiger partial charge in [0.15, 0.2) is 0 Å². The number of carbonyl (C=O) groups excluding carboxylic acids is 1. The van der Waals surface area contributed by atoms with Crippen molar-refractivity contribution in [3.05, 3.63) is 53.3 Å². The molecule has 1 aliphatic rings. The Labute approximate surface area is 128 Å². The van der Waals surface area contributed by atoms with Crippen molar-refractivity contribution in [3.8, 4) is 0 Å². The third-order valence-corrected chi connectivity index (χ3v) is 3.81. The van der Waals surface area contributed by atoms with E-state index in [1.165, 1.54) is 24.7 Å². The molecule has 0 radical (unpaired) electrons. The number of halogens is 1. The van der Waals surface area contributed by atoms with E-state index in [2.05, 4.69) is 15.2 Å². The van der Waals surface area contributed by atoms with Crippen molar-refractivity contribution in [2.75, 3.05) is 23.3 Å². The molecular formula is C16H16ClN3O. The molecule has 1 amide bonds. The Morgan fingerprint density at radius 3 is 2.43 bits per heavy atom. The maximum Gasteiger partial charge on any atom is 0.257 e. The molecule has 21 heavy (non-hydrogen) atoms. The maximum absolute atomic E-state index is 12.1. The van der Waals surface area contributed by atoms with Gasteiger partial charge in [-0.2, -0.15) is 0 Å². The highest BCUT2D eigenvalue weighted by molar-refractivity contribution is 6.29. The van der Waals surface area contributed by atoms with Gasteiger partial charge in [-0.15, -0.1) is 0 Å². The molecule has 0 atom stereocenters. The van der Waals surface area contributed by atoms with Crippen molar-refractivity contribution >= 4 is 28.9 Å². The molecule has 1 aliphatic heterocycles. The van der Waals surface area contributed by atoms with E-state index >= 15 is 0 Å². The van der Waals surface area contributed by atoms with Crippen molar-refractivity contribution in [1.82, 2.24) is 4.98 Å². The van der Waals surface area contributed by atoms with E-state index in [0.717, 1.165) is 18.8 Å². The van der Waals surface area contributed by atoms with Gasteiger partial charge in [0.05, 0.1) is 5.56 Å². The van der Waals surface area contributed by atoms with E-state index in [0.29, 0.717) is 10.7 Å². The second kappa shape index (κ2) is 6.14. The Bertz CT molecular complexity index is 619. The fraction of sp³-hybridized carbons (Fsp3) is 0.250. The highest BCUT2D eigenvalue weighted by Gasteiger charge is 2.12. The van der Waals surface area contributed by atoms with Crippen molar-refractivity contribution in [2.45, 2.75) is 12.8 Å². The Balaban J connectivity index is 1.67. The summed E-state index contributed by atoms with van der Waals surface area (Å²) in [5.74, 6) is -0.187. The number of benzene rings is 1. The second-order valence-electron chi connectivity index (χ2n) is 5.06. The minimum Gasteiger partial charge on any atom is -0.372 e. The van der Waals surface area contributed by atoms with Gasteiger partial charge in [-0.3, -0.25) is 4.79 Å². The fourth-order valence-electron chi connectivity index (χ4n) is 2.44. The zero-order chi connectivity index (χ0) is 14.7. The molecule has 1 aromatic heterocycles. The number of aromatic nitrogens is 1. The number of hydrogen-bond donors (Lipinski definition) is 1. The van der Waals surface area contributed by atoms with Gasteiger partial charge >= 0.3 is 0 Å². The van der Waals surface area contributed by atoms with Crippen LogP contribution in [0.4, 0.5) is 11.4 Å². The number of nitrogens with zero attached hydrogens (tertiary/aromatic N) is 2. The summed E-state index contributed by atoms with van der Waals surface area (Å²) in [6.45, 7) is 2.23. The predicted molar refractivity (Wildman–Crippen MR) is 85.1 cm³/mol. The number of pyridine rings is 1. The van der Waals surface area contributed by atoms with Gasteiger partial charge in [0, 0.05) is 30.7 Å². The lowest BCUT2D eigenvalue weighted by atomic mass is 10.2. The number of hydrogen-bond acceptors (Lipinski definition) is 3. The van der Waals surface area contributed by atoms with Crippen LogP contribution < -0.4 is 10.2 Å². The first-order valence-electron chi connectivity index (χ1n) is 7.00. The molecule has 1 N–H and O–H groups in total. The summed E-state index contributed by atoms with van der Waals surface area (Å²) in [6, 6.07) is 11.2. The van der Waals surface area contributed by atoms with Crippen molar-refractivity contribution in [2.24, 2.45) is 0 Å². The molecule has 0 unspecified atom stereocenters. The molecular weight excluding hydrogens is 286 g/mol. The molecule has 1 aromatic carbocycles. The normalized spacial score (nSPS) is 14.2. The third kappa shape index (κ3) is 3.34. The zero-order valence-corrected chi connectivity index (χ0v) is 12.3. The minimum atomic E-state index is -0.187. The number of rotatable bonds is 3. The van der Waals surface area contributed by atoms with Crippen LogP contribution in [0.2, 0.25) is 5.15 Å². The first kappa shape index (κ1) is 13.9. The largest absolute Gasteiger partial charge is 0.372 e. The quantitative estimate of drug-likeness (QED) is 0.881. The highest BCUT2D eigenvalue weighted by Crippen LogP contribution is 2.22. The second-order valence-corrected chi connectivity index (χ2v) is 5.45. The summed E-state index contributed by atoms with van der Waals surface area (Å²) in [6.07, 6.45) is 3.97. The number of carbonyl (C=O) groups is 1. The Kier molecular flexibility index (Phi) is 4.06. The molecule has 0 saturated carbocycles. The molecule has 3 rings (SSSR count). The molecule has 2 heterocycles. The number of anilines is 2. The van der Waals surface area contributed by atoms with Gasteiger partial charge < -0.3 is 10.2 Å². The minimum absolute atomic E-state index is 0.187. The molecule has 5 heteroatoms. The van der Waals surface area contributed by atoms with Crippen LogP contribution in [-0.4, -0.2) is 24.0 Å². The van der Waals surface area contributed by atoms with Crippen LogP contribution in [0.5, 0.6) is 0 Å². The maximum atomic E-state index is 12.1. The van der Waals surface area contributed by atoms with Gasteiger partial charge in [0.25, 0.3) is 5.91 Å². The monoisotopic (exact) mass is 301 g/mol. The summed E-state index contributed by atoms with van der Waals surface area (Å²) in [5.41, 5.74) is 2.47. The van der Waals surface area contributed by atoms with Gasteiger partial charge in [0.1, 0.15) is 5.15 Å². The molecule has 1 fully saturated rings. The lowest BCUT2D eigenvalue weighted by Crippen LogP contribution is -2.17. The molecule has 2 aromatic rings. The summed E-state index contributed by atoms with van der Waals surface area (Å²) in [7, 11) is 0. The lowest BCUT2D eigenvalue weighted by Gasteiger charge is -2.17. The van der Waals surface area contributed by atoms with Crippen LogP contribution in [-0.2, 0) is 0 Å². The Morgan fingerprint density at radius 2 is 1.81 bits per heavy atom. The first-order valence-corrected chi connectivity index (χ1v) is 7.38. The SMILES string of the molecule is O=C(Nc1ccc(N2CCCC2)cc1)c1ccc(Cl)nc1. The van der Waals surface area contributed by atoms with E-state index in [-0.39, 0.29) is 5.91 Å². The molecule has 1 saturated heterocycles. The van der Waals surface area contributed by atoms with E-state index in [9.17, 15) is 4.79 Å². The van der Waals surface area contributed by atoms with Gasteiger partial charge in [-0.1, -0.05) is 11.6 Å². The van der Waals surface area contributed by atoms with Crippen LogP contribution in [0, 0.1) is 0 Å². The van der Waals surface area contributed by atoms with Crippen LogP contribution in [0.1, 0.15) is 23.2 Å². The van der Waals surface area contributed by atoms with E-state index in [1.54, 1.807) is 12.1 Å². The molecule has 108 valence electrons. The van der Waals surface area contributed by atoms with E-state index < -0.39 is 0 Å². The summed E-state index contributed by atoms with van der Waals surface area (Å²) >= 11 is 5.71. The van der Waals surface area contributed by atoms with E-state index in [1.807, 2.05) is 24.3 Å². The summed E-state index contributed by atoms with van der Waals surface area (Å²) in [4.78, 5) is 18.3.